The zero-order chi connectivity index (χ0) is 20.1. The molecule has 0 N–H and O–H groups in total. The minimum Gasteiger partial charge on any atom is -0.489 e. The zero-order valence-corrected chi connectivity index (χ0v) is 17.3. The van der Waals surface area contributed by atoms with E-state index in [0.29, 0.717) is 18.3 Å². The van der Waals surface area contributed by atoms with Crippen LogP contribution in [0.25, 0.3) is 0 Å². The molecule has 4 nitrogen and oxygen atoms in total. The Morgan fingerprint density at radius 2 is 1.71 bits per heavy atom. The van der Waals surface area contributed by atoms with E-state index in [1.807, 2.05) is 32.1 Å². The molecule has 148 valence electrons. The molecular formula is C23H27NO3S. The summed E-state index contributed by atoms with van der Waals surface area (Å²) in [6.45, 7) is 8.32. The lowest BCUT2D eigenvalue weighted by Gasteiger charge is -2.19. The quantitative estimate of drug-likeness (QED) is 0.620. The van der Waals surface area contributed by atoms with Gasteiger partial charge < -0.3 is 4.74 Å². The van der Waals surface area contributed by atoms with E-state index < -0.39 is 9.84 Å². The third kappa shape index (κ3) is 5.55. The molecule has 0 bridgehead atoms. The molecule has 0 saturated heterocycles. The van der Waals surface area contributed by atoms with Crippen molar-refractivity contribution >= 4 is 9.84 Å². The molecule has 1 aliphatic carbocycles. The van der Waals surface area contributed by atoms with Crippen LogP contribution in [0.4, 0.5) is 0 Å². The van der Waals surface area contributed by atoms with Gasteiger partial charge in [0, 0.05) is 16.8 Å². The lowest BCUT2D eigenvalue weighted by molar-refractivity contribution is 0.305. The lowest BCUT2D eigenvalue weighted by Crippen LogP contribution is -2.06. The maximum Gasteiger partial charge on any atom is 0.199 e. The number of ether oxygens (including phenoxy) is 1. The van der Waals surface area contributed by atoms with E-state index in [2.05, 4.69) is 11.6 Å². The number of hydrogen-bond donors (Lipinski definition) is 0. The van der Waals surface area contributed by atoms with Crippen molar-refractivity contribution in [3.63, 3.8) is 0 Å². The topological polar surface area (TPSA) is 56.3 Å². The average molecular weight is 398 g/mol. The molecule has 0 atom stereocenters. The van der Waals surface area contributed by atoms with Crippen molar-refractivity contribution in [3.8, 4) is 5.75 Å². The van der Waals surface area contributed by atoms with Crippen LogP contribution in [0, 0.1) is 19.8 Å². The first-order chi connectivity index (χ1) is 13.3. The van der Waals surface area contributed by atoms with Gasteiger partial charge in [-0.2, -0.15) is 0 Å². The van der Waals surface area contributed by atoms with Crippen LogP contribution in [0.2, 0.25) is 0 Å². The maximum atomic E-state index is 12.6. The monoisotopic (exact) mass is 397 g/mol. The van der Waals surface area contributed by atoms with Crippen LogP contribution in [-0.2, 0) is 16.4 Å². The molecule has 3 rings (SSSR count). The molecule has 1 aromatic carbocycles. The molecule has 1 aliphatic rings. The summed E-state index contributed by atoms with van der Waals surface area (Å²) < 4.78 is 30.9. The molecule has 0 amide bonds. The second-order valence-corrected chi connectivity index (χ2v) is 9.31. The van der Waals surface area contributed by atoms with Gasteiger partial charge in [0.2, 0.25) is 0 Å². The highest BCUT2D eigenvalue weighted by Crippen LogP contribution is 2.28. The normalized spacial score (nSPS) is 15.9. The highest BCUT2D eigenvalue weighted by atomic mass is 32.2. The van der Waals surface area contributed by atoms with Crippen LogP contribution < -0.4 is 4.74 Å². The van der Waals surface area contributed by atoms with Crippen LogP contribution >= 0.6 is 0 Å². The van der Waals surface area contributed by atoms with Gasteiger partial charge in [-0.15, -0.1) is 0 Å². The number of rotatable bonds is 6. The number of nitrogens with zero attached hydrogens (tertiary/aromatic N) is 1. The molecule has 1 heterocycles. The van der Waals surface area contributed by atoms with Crippen LogP contribution in [0.1, 0.15) is 42.6 Å². The molecular weight excluding hydrogens is 370 g/mol. The Morgan fingerprint density at radius 3 is 2.32 bits per heavy atom. The number of aryl methyl sites for hydroxylation is 2. The summed E-state index contributed by atoms with van der Waals surface area (Å²) in [5.74, 6) is 0.955. The molecule has 5 heteroatoms. The summed E-state index contributed by atoms with van der Waals surface area (Å²) >= 11 is 0. The van der Waals surface area contributed by atoms with Crippen LogP contribution in [0.5, 0.6) is 5.75 Å². The lowest BCUT2D eigenvalue weighted by atomic mass is 9.87. The Kier molecular flexibility index (Phi) is 6.35. The van der Waals surface area contributed by atoms with Crippen LogP contribution in [0.15, 0.2) is 64.9 Å². The predicted molar refractivity (Wildman–Crippen MR) is 112 cm³/mol. The van der Waals surface area contributed by atoms with E-state index in [1.165, 1.54) is 11.0 Å². The van der Waals surface area contributed by atoms with Crippen molar-refractivity contribution in [1.29, 1.82) is 0 Å². The van der Waals surface area contributed by atoms with Gasteiger partial charge in [0.05, 0.1) is 4.90 Å². The van der Waals surface area contributed by atoms with Gasteiger partial charge in [-0.05, 0) is 87.4 Å². The molecule has 0 aliphatic heterocycles. The Bertz CT molecular complexity index is 945. The molecule has 1 aromatic heterocycles. The number of allylic oxidation sites excluding steroid dienone is 2. The van der Waals surface area contributed by atoms with Crippen molar-refractivity contribution in [2.45, 2.75) is 51.0 Å². The smallest absolute Gasteiger partial charge is 0.199 e. The first-order valence-electron chi connectivity index (χ1n) is 9.59. The minimum absolute atomic E-state index is 0.284. The van der Waals surface area contributed by atoms with Crippen molar-refractivity contribution in [2.24, 2.45) is 5.92 Å². The number of aromatic nitrogens is 1. The third-order valence-electron chi connectivity index (χ3n) is 4.97. The van der Waals surface area contributed by atoms with Crippen molar-refractivity contribution in [3.05, 3.63) is 77.0 Å². The molecule has 0 unspecified atom stereocenters. The van der Waals surface area contributed by atoms with Crippen molar-refractivity contribution in [2.75, 3.05) is 0 Å². The highest BCUT2D eigenvalue weighted by molar-refractivity contribution is 7.94. The summed E-state index contributed by atoms with van der Waals surface area (Å²) in [6, 6.07) is 10.6. The van der Waals surface area contributed by atoms with Gasteiger partial charge in [-0.3, -0.25) is 4.98 Å². The Labute approximate surface area is 167 Å². The van der Waals surface area contributed by atoms with Gasteiger partial charge >= 0.3 is 0 Å². The van der Waals surface area contributed by atoms with Gasteiger partial charge in [0.25, 0.3) is 0 Å². The molecule has 28 heavy (non-hydrogen) atoms. The summed E-state index contributed by atoms with van der Waals surface area (Å²) in [5, 5.41) is 1.35. The zero-order valence-electron chi connectivity index (χ0n) is 16.5. The molecule has 1 saturated carbocycles. The summed E-state index contributed by atoms with van der Waals surface area (Å²) in [5.41, 5.74) is 4.21. The minimum atomic E-state index is -3.44. The molecule has 1 fully saturated rings. The van der Waals surface area contributed by atoms with E-state index in [-0.39, 0.29) is 4.90 Å². The van der Waals surface area contributed by atoms with E-state index in [1.54, 1.807) is 24.3 Å². The summed E-state index contributed by atoms with van der Waals surface area (Å²) in [4.78, 5) is 4.63. The predicted octanol–water partition coefficient (Wildman–Crippen LogP) is 5.31. The third-order valence-corrected chi connectivity index (χ3v) is 6.41. The maximum absolute atomic E-state index is 12.6. The van der Waals surface area contributed by atoms with E-state index in [0.717, 1.165) is 42.6 Å². The van der Waals surface area contributed by atoms with E-state index in [4.69, 9.17) is 4.74 Å². The standard InChI is InChI=1S/C23H27NO3S/c1-17-4-6-20(7-5-17)12-13-28(25,26)23-10-8-22(9-11-23)27-16-21-14-18(2)24-19(3)15-21/h8-15,20H,1,4-7,16H2,2-3H3. The second kappa shape index (κ2) is 8.74. The average Bonchev–Trinajstić information content (AvgIpc) is 2.66. The first kappa shape index (κ1) is 20.3. The molecule has 0 spiro atoms. The Hall–Kier alpha value is -2.40. The Morgan fingerprint density at radius 1 is 1.11 bits per heavy atom. The number of sulfone groups is 1. The van der Waals surface area contributed by atoms with Crippen molar-refractivity contribution in [1.82, 2.24) is 4.98 Å². The van der Waals surface area contributed by atoms with Gasteiger partial charge in [0.1, 0.15) is 12.4 Å². The summed E-state index contributed by atoms with van der Waals surface area (Å²) in [6.07, 6.45) is 5.76. The fraction of sp³-hybridized carbons (Fsp3) is 0.348. The fourth-order valence-electron chi connectivity index (χ4n) is 3.43. The second-order valence-electron chi connectivity index (χ2n) is 7.48. The number of pyridine rings is 1. The number of hydrogen-bond acceptors (Lipinski definition) is 4. The van der Waals surface area contributed by atoms with E-state index >= 15 is 0 Å². The van der Waals surface area contributed by atoms with Gasteiger partial charge in [-0.1, -0.05) is 18.2 Å². The van der Waals surface area contributed by atoms with Crippen LogP contribution in [0.3, 0.4) is 0 Å². The van der Waals surface area contributed by atoms with Gasteiger partial charge in [-0.25, -0.2) is 8.42 Å². The summed E-state index contributed by atoms with van der Waals surface area (Å²) in [7, 11) is -3.44. The fourth-order valence-corrected chi connectivity index (χ4v) is 4.53. The van der Waals surface area contributed by atoms with E-state index in [9.17, 15) is 8.42 Å². The first-order valence-corrected chi connectivity index (χ1v) is 11.1. The highest BCUT2D eigenvalue weighted by Gasteiger charge is 2.15. The number of benzene rings is 1. The van der Waals surface area contributed by atoms with Crippen LogP contribution in [-0.4, -0.2) is 13.4 Å². The molecule has 0 radical (unpaired) electrons. The SMILES string of the molecule is C=C1CCC(C=CS(=O)(=O)c2ccc(OCc3cc(C)nc(C)c3)cc2)CC1. The largest absolute Gasteiger partial charge is 0.489 e. The van der Waals surface area contributed by atoms with Crippen molar-refractivity contribution < 1.29 is 13.2 Å². The molecule has 2 aromatic rings. The Balaban J connectivity index is 1.61. The van der Waals surface area contributed by atoms with Gasteiger partial charge in [0.15, 0.2) is 9.84 Å².